The van der Waals surface area contributed by atoms with Crippen LogP contribution in [0.2, 0.25) is 0 Å². The molecule has 2 rings (SSSR count). The summed E-state index contributed by atoms with van der Waals surface area (Å²) in [7, 11) is 0. The summed E-state index contributed by atoms with van der Waals surface area (Å²) in [6, 6.07) is 12.8. The van der Waals surface area contributed by atoms with Crippen molar-refractivity contribution in [2.75, 3.05) is 5.32 Å². The fraction of sp³-hybridized carbons (Fsp3) is 0.235. The molecule has 1 atom stereocenters. The molecule has 2 aromatic rings. The number of nitrogens with one attached hydrogen (secondary N) is 1. The molecule has 0 amide bonds. The Bertz CT molecular complexity index is 654. The van der Waals surface area contributed by atoms with Gasteiger partial charge in [-0.25, -0.2) is 8.78 Å². The summed E-state index contributed by atoms with van der Waals surface area (Å²) >= 11 is 0. The van der Waals surface area contributed by atoms with Crippen molar-refractivity contribution in [3.8, 4) is 6.07 Å². The molecule has 21 heavy (non-hydrogen) atoms. The first-order valence-electron chi connectivity index (χ1n) is 6.61. The van der Waals surface area contributed by atoms with Crippen molar-refractivity contribution in [1.82, 2.24) is 0 Å². The van der Waals surface area contributed by atoms with Crippen LogP contribution in [0.5, 0.6) is 0 Å². The van der Waals surface area contributed by atoms with Crippen LogP contribution in [0.15, 0.2) is 42.5 Å². The van der Waals surface area contributed by atoms with E-state index < -0.39 is 5.54 Å². The molecule has 4 heteroatoms. The number of halogens is 2. The Kier molecular flexibility index (Phi) is 4.23. The van der Waals surface area contributed by atoms with Crippen LogP contribution < -0.4 is 5.32 Å². The quantitative estimate of drug-likeness (QED) is 0.914. The Morgan fingerprint density at radius 1 is 1.10 bits per heavy atom. The van der Waals surface area contributed by atoms with E-state index in [9.17, 15) is 14.0 Å². The van der Waals surface area contributed by atoms with Gasteiger partial charge < -0.3 is 5.32 Å². The van der Waals surface area contributed by atoms with Crippen LogP contribution in [0.3, 0.4) is 0 Å². The van der Waals surface area contributed by atoms with Gasteiger partial charge in [0.2, 0.25) is 0 Å². The average molecular weight is 286 g/mol. The fourth-order valence-corrected chi connectivity index (χ4v) is 2.25. The molecular weight excluding hydrogens is 270 g/mol. The van der Waals surface area contributed by atoms with E-state index in [0.717, 1.165) is 11.1 Å². The maximum Gasteiger partial charge on any atom is 0.126 e. The maximum absolute atomic E-state index is 13.4. The monoisotopic (exact) mass is 286 g/mol. The molecule has 2 aromatic carbocycles. The number of nitrogens with zero attached hydrogens (tertiary/aromatic N) is 1. The lowest BCUT2D eigenvalue weighted by atomic mass is 9.93. The second-order valence-corrected chi connectivity index (χ2v) is 5.39. The number of nitriles is 1. The lowest BCUT2D eigenvalue weighted by Gasteiger charge is -2.25. The molecule has 0 fully saturated rings. The van der Waals surface area contributed by atoms with Crippen molar-refractivity contribution in [3.05, 3.63) is 65.2 Å². The fourth-order valence-electron chi connectivity index (χ4n) is 2.25. The van der Waals surface area contributed by atoms with E-state index in [0.29, 0.717) is 12.1 Å². The van der Waals surface area contributed by atoms with Gasteiger partial charge in [-0.15, -0.1) is 0 Å². The Balaban J connectivity index is 2.21. The van der Waals surface area contributed by atoms with E-state index >= 15 is 0 Å². The normalized spacial score (nSPS) is 13.3. The van der Waals surface area contributed by atoms with Crippen molar-refractivity contribution >= 4 is 5.69 Å². The minimum atomic E-state index is -0.905. The number of hydrogen-bond acceptors (Lipinski definition) is 2. The topological polar surface area (TPSA) is 35.8 Å². The Hall–Kier alpha value is -2.41. The van der Waals surface area contributed by atoms with Gasteiger partial charge in [-0.05, 0) is 55.3 Å². The van der Waals surface area contributed by atoms with Crippen molar-refractivity contribution in [1.29, 1.82) is 5.26 Å². The Morgan fingerprint density at radius 3 is 2.33 bits per heavy atom. The van der Waals surface area contributed by atoms with E-state index in [-0.39, 0.29) is 11.6 Å². The second-order valence-electron chi connectivity index (χ2n) is 5.39. The van der Waals surface area contributed by atoms with Gasteiger partial charge in [0.1, 0.15) is 17.2 Å². The largest absolute Gasteiger partial charge is 0.367 e. The third kappa shape index (κ3) is 4.03. The molecule has 0 saturated heterocycles. The summed E-state index contributed by atoms with van der Waals surface area (Å²) in [5, 5.41) is 12.5. The van der Waals surface area contributed by atoms with E-state index in [1.165, 1.54) is 24.3 Å². The molecule has 0 radical (unpaired) electrons. The lowest BCUT2D eigenvalue weighted by molar-refractivity contribution is 0.616. The Labute approximate surface area is 123 Å². The molecule has 0 aliphatic carbocycles. The van der Waals surface area contributed by atoms with E-state index in [2.05, 4.69) is 11.4 Å². The summed E-state index contributed by atoms with van der Waals surface area (Å²) in [4.78, 5) is 0. The summed E-state index contributed by atoms with van der Waals surface area (Å²) in [6.07, 6.45) is 0.388. The van der Waals surface area contributed by atoms with Crippen molar-refractivity contribution in [2.24, 2.45) is 0 Å². The van der Waals surface area contributed by atoms with Crippen LogP contribution in [-0.2, 0) is 6.42 Å². The van der Waals surface area contributed by atoms with Crippen LogP contribution in [0.1, 0.15) is 18.1 Å². The number of rotatable bonds is 4. The zero-order valence-corrected chi connectivity index (χ0v) is 12.0. The molecule has 0 aliphatic rings. The summed E-state index contributed by atoms with van der Waals surface area (Å²) < 4.78 is 26.3. The van der Waals surface area contributed by atoms with Crippen LogP contribution >= 0.6 is 0 Å². The highest BCUT2D eigenvalue weighted by atomic mass is 19.1. The summed E-state index contributed by atoms with van der Waals surface area (Å²) in [6.45, 7) is 3.52. The first-order chi connectivity index (χ1) is 9.90. The first kappa shape index (κ1) is 15.0. The molecule has 0 saturated carbocycles. The van der Waals surface area contributed by atoms with E-state index in [1.54, 1.807) is 32.0 Å². The average Bonchev–Trinajstić information content (AvgIpc) is 2.40. The molecule has 0 aromatic heterocycles. The van der Waals surface area contributed by atoms with Crippen LogP contribution in [0.25, 0.3) is 0 Å². The number of anilines is 1. The molecule has 2 nitrogen and oxygen atoms in total. The number of benzene rings is 2. The molecule has 108 valence electrons. The standard InChI is InChI=1S/C17H16F2N2/c1-12-7-15(19)9-16(8-12)21-17(2,11-20)10-13-3-5-14(18)6-4-13/h3-9,21H,10H2,1-2H3. The molecule has 1 N–H and O–H groups in total. The van der Waals surface area contributed by atoms with Gasteiger partial charge in [0.05, 0.1) is 6.07 Å². The third-order valence-corrected chi connectivity index (χ3v) is 3.18. The van der Waals surface area contributed by atoms with Gasteiger partial charge >= 0.3 is 0 Å². The van der Waals surface area contributed by atoms with Crippen LogP contribution in [0, 0.1) is 29.9 Å². The third-order valence-electron chi connectivity index (χ3n) is 3.18. The molecule has 0 bridgehead atoms. The molecule has 0 heterocycles. The van der Waals surface area contributed by atoms with Gasteiger partial charge in [0, 0.05) is 12.1 Å². The van der Waals surface area contributed by atoms with E-state index in [1.807, 2.05) is 0 Å². The lowest BCUT2D eigenvalue weighted by Crippen LogP contribution is -2.35. The van der Waals surface area contributed by atoms with Gasteiger partial charge in [0.25, 0.3) is 0 Å². The molecule has 0 spiro atoms. The number of aryl methyl sites for hydroxylation is 1. The zero-order valence-electron chi connectivity index (χ0n) is 12.0. The SMILES string of the molecule is Cc1cc(F)cc(NC(C)(C#N)Cc2ccc(F)cc2)c1. The van der Waals surface area contributed by atoms with Crippen molar-refractivity contribution in [2.45, 2.75) is 25.8 Å². The van der Waals surface area contributed by atoms with Gasteiger partial charge in [-0.2, -0.15) is 5.26 Å². The van der Waals surface area contributed by atoms with Gasteiger partial charge in [-0.1, -0.05) is 12.1 Å². The maximum atomic E-state index is 13.4. The van der Waals surface area contributed by atoms with Crippen molar-refractivity contribution < 1.29 is 8.78 Å². The number of hydrogen-bond donors (Lipinski definition) is 1. The van der Waals surface area contributed by atoms with E-state index in [4.69, 9.17) is 0 Å². The van der Waals surface area contributed by atoms with Crippen LogP contribution in [-0.4, -0.2) is 5.54 Å². The predicted molar refractivity (Wildman–Crippen MR) is 78.9 cm³/mol. The first-order valence-corrected chi connectivity index (χ1v) is 6.61. The van der Waals surface area contributed by atoms with Crippen molar-refractivity contribution in [3.63, 3.8) is 0 Å². The molecular formula is C17H16F2N2. The predicted octanol–water partition coefficient (Wildman–Crippen LogP) is 4.21. The minimum absolute atomic E-state index is 0.314. The second kappa shape index (κ2) is 5.92. The Morgan fingerprint density at radius 2 is 1.76 bits per heavy atom. The highest BCUT2D eigenvalue weighted by Crippen LogP contribution is 2.21. The summed E-state index contributed by atoms with van der Waals surface area (Å²) in [5.74, 6) is -0.661. The highest BCUT2D eigenvalue weighted by molar-refractivity contribution is 5.50. The zero-order chi connectivity index (χ0) is 15.5. The smallest absolute Gasteiger partial charge is 0.126 e. The minimum Gasteiger partial charge on any atom is -0.367 e. The summed E-state index contributed by atoms with van der Waals surface area (Å²) in [5.41, 5.74) is 1.26. The molecule has 0 aliphatic heterocycles. The van der Waals surface area contributed by atoms with Gasteiger partial charge in [0.15, 0.2) is 0 Å². The van der Waals surface area contributed by atoms with Crippen LogP contribution in [0.4, 0.5) is 14.5 Å². The van der Waals surface area contributed by atoms with Gasteiger partial charge in [-0.3, -0.25) is 0 Å². The molecule has 1 unspecified atom stereocenters. The highest BCUT2D eigenvalue weighted by Gasteiger charge is 2.24.